The predicted octanol–water partition coefficient (Wildman–Crippen LogP) is 2.47. The Bertz CT molecular complexity index is 243. The van der Waals surface area contributed by atoms with Crippen molar-refractivity contribution in [2.75, 3.05) is 13.2 Å². The molecule has 0 aromatic carbocycles. The average molecular weight is 224 g/mol. The van der Waals surface area contributed by atoms with E-state index in [-0.39, 0.29) is 0 Å². The van der Waals surface area contributed by atoms with Crippen molar-refractivity contribution in [3.8, 4) is 6.07 Å². The van der Waals surface area contributed by atoms with Gasteiger partial charge < -0.3 is 4.74 Å². The van der Waals surface area contributed by atoms with Crippen molar-refractivity contribution in [1.29, 1.82) is 5.26 Å². The molecule has 1 aliphatic carbocycles. The van der Waals surface area contributed by atoms with Gasteiger partial charge >= 0.3 is 0 Å². The van der Waals surface area contributed by atoms with Gasteiger partial charge in [-0.15, -0.1) is 0 Å². The van der Waals surface area contributed by atoms with Gasteiger partial charge in [0, 0.05) is 19.3 Å². The lowest BCUT2D eigenvalue weighted by Gasteiger charge is -2.25. The molecular formula is C13H24N2O. The highest BCUT2D eigenvalue weighted by Gasteiger charge is 2.24. The molecule has 0 radical (unpaired) electrons. The number of hydrogen-bond donors (Lipinski definition) is 1. The summed E-state index contributed by atoms with van der Waals surface area (Å²) in [4.78, 5) is 0. The highest BCUT2D eigenvalue weighted by atomic mass is 16.5. The van der Waals surface area contributed by atoms with E-state index in [1.165, 1.54) is 12.8 Å². The van der Waals surface area contributed by atoms with Crippen molar-refractivity contribution in [1.82, 2.24) is 5.32 Å². The molecule has 1 fully saturated rings. The Morgan fingerprint density at radius 1 is 1.50 bits per heavy atom. The van der Waals surface area contributed by atoms with Crippen LogP contribution >= 0.6 is 0 Å². The SMILES string of the molecule is CC(C)NC(C)(C#N)CCCOCC1CC1. The van der Waals surface area contributed by atoms with Gasteiger partial charge in [0.05, 0.1) is 6.07 Å². The van der Waals surface area contributed by atoms with E-state index in [0.29, 0.717) is 6.04 Å². The molecule has 1 saturated carbocycles. The van der Waals surface area contributed by atoms with Gasteiger partial charge in [-0.1, -0.05) is 0 Å². The first-order valence-electron chi connectivity index (χ1n) is 6.32. The molecule has 0 aliphatic heterocycles. The van der Waals surface area contributed by atoms with Crippen LogP contribution < -0.4 is 5.32 Å². The van der Waals surface area contributed by atoms with Gasteiger partial charge in [-0.2, -0.15) is 5.26 Å². The first-order chi connectivity index (χ1) is 7.56. The molecule has 3 heteroatoms. The van der Waals surface area contributed by atoms with Gasteiger partial charge in [-0.3, -0.25) is 5.32 Å². The summed E-state index contributed by atoms with van der Waals surface area (Å²) in [6.07, 6.45) is 4.48. The molecule has 1 aliphatic rings. The molecule has 0 amide bonds. The van der Waals surface area contributed by atoms with Crippen molar-refractivity contribution >= 4 is 0 Å². The van der Waals surface area contributed by atoms with Crippen LogP contribution in [0.25, 0.3) is 0 Å². The predicted molar refractivity (Wildman–Crippen MR) is 65.1 cm³/mol. The van der Waals surface area contributed by atoms with Crippen molar-refractivity contribution in [3.63, 3.8) is 0 Å². The summed E-state index contributed by atoms with van der Waals surface area (Å²) in [5, 5.41) is 12.4. The van der Waals surface area contributed by atoms with Crippen molar-refractivity contribution in [2.24, 2.45) is 5.92 Å². The fourth-order valence-corrected chi connectivity index (χ4v) is 1.86. The van der Waals surface area contributed by atoms with E-state index in [1.54, 1.807) is 0 Å². The summed E-state index contributed by atoms with van der Waals surface area (Å²) >= 11 is 0. The maximum absolute atomic E-state index is 9.14. The third-order valence-corrected chi connectivity index (χ3v) is 2.87. The number of ether oxygens (including phenoxy) is 1. The van der Waals surface area contributed by atoms with E-state index >= 15 is 0 Å². The monoisotopic (exact) mass is 224 g/mol. The largest absolute Gasteiger partial charge is 0.381 e. The number of nitrogens with zero attached hydrogens (tertiary/aromatic N) is 1. The molecule has 0 aromatic heterocycles. The molecule has 0 bridgehead atoms. The summed E-state index contributed by atoms with van der Waals surface area (Å²) in [5.74, 6) is 0.830. The van der Waals surface area contributed by atoms with Gasteiger partial charge in [0.1, 0.15) is 5.54 Å². The molecule has 0 saturated heterocycles. The van der Waals surface area contributed by atoms with Crippen LogP contribution in [0.4, 0.5) is 0 Å². The lowest BCUT2D eigenvalue weighted by Crippen LogP contribution is -2.45. The van der Waals surface area contributed by atoms with E-state index in [9.17, 15) is 0 Å². The van der Waals surface area contributed by atoms with E-state index in [0.717, 1.165) is 32.0 Å². The second kappa shape index (κ2) is 6.22. The first-order valence-corrected chi connectivity index (χ1v) is 6.32. The van der Waals surface area contributed by atoms with Gasteiger partial charge in [-0.25, -0.2) is 0 Å². The van der Waals surface area contributed by atoms with Crippen LogP contribution in [0.1, 0.15) is 46.5 Å². The summed E-state index contributed by atoms with van der Waals surface area (Å²) in [5.41, 5.74) is -0.406. The Morgan fingerprint density at radius 2 is 2.19 bits per heavy atom. The topological polar surface area (TPSA) is 45.0 Å². The van der Waals surface area contributed by atoms with Crippen LogP contribution in [-0.2, 0) is 4.74 Å². The number of rotatable bonds is 8. The third kappa shape index (κ3) is 5.48. The lowest BCUT2D eigenvalue weighted by atomic mass is 9.97. The first kappa shape index (κ1) is 13.5. The number of nitrogens with one attached hydrogen (secondary N) is 1. The normalized spacial score (nSPS) is 19.4. The second-order valence-corrected chi connectivity index (χ2v) is 5.36. The summed E-state index contributed by atoms with van der Waals surface area (Å²) < 4.78 is 5.57. The standard InChI is InChI=1S/C13H24N2O/c1-11(2)15-13(3,10-14)7-4-8-16-9-12-5-6-12/h11-12,15H,4-9H2,1-3H3. The zero-order chi connectivity index (χ0) is 12.0. The Labute approximate surface area is 99.2 Å². The number of nitriles is 1. The van der Waals surface area contributed by atoms with Crippen LogP contribution in [0, 0.1) is 17.2 Å². The summed E-state index contributed by atoms with van der Waals surface area (Å²) in [6.45, 7) is 7.81. The third-order valence-electron chi connectivity index (χ3n) is 2.87. The molecule has 1 atom stereocenters. The molecule has 92 valence electrons. The smallest absolute Gasteiger partial charge is 0.104 e. The van der Waals surface area contributed by atoms with E-state index in [1.807, 2.05) is 6.92 Å². The molecule has 0 heterocycles. The molecule has 0 spiro atoms. The average Bonchev–Trinajstić information content (AvgIpc) is 3.00. The van der Waals surface area contributed by atoms with E-state index in [4.69, 9.17) is 10.00 Å². The van der Waals surface area contributed by atoms with Crippen LogP contribution in [0.5, 0.6) is 0 Å². The van der Waals surface area contributed by atoms with Crippen molar-refractivity contribution < 1.29 is 4.74 Å². The minimum atomic E-state index is -0.406. The van der Waals surface area contributed by atoms with Crippen LogP contribution in [-0.4, -0.2) is 24.8 Å². The van der Waals surface area contributed by atoms with Gasteiger partial charge in [0.15, 0.2) is 0 Å². The van der Waals surface area contributed by atoms with Gasteiger partial charge in [0.25, 0.3) is 0 Å². The molecular weight excluding hydrogens is 200 g/mol. The maximum Gasteiger partial charge on any atom is 0.104 e. The highest BCUT2D eigenvalue weighted by Crippen LogP contribution is 2.28. The number of hydrogen-bond acceptors (Lipinski definition) is 3. The molecule has 1 unspecified atom stereocenters. The van der Waals surface area contributed by atoms with Gasteiger partial charge in [-0.05, 0) is 52.4 Å². The van der Waals surface area contributed by atoms with E-state index in [2.05, 4.69) is 25.2 Å². The fraction of sp³-hybridized carbons (Fsp3) is 0.923. The molecule has 1 N–H and O–H groups in total. The van der Waals surface area contributed by atoms with Crippen LogP contribution in [0.3, 0.4) is 0 Å². The highest BCUT2D eigenvalue weighted by molar-refractivity contribution is 5.04. The van der Waals surface area contributed by atoms with Crippen LogP contribution in [0.15, 0.2) is 0 Å². The van der Waals surface area contributed by atoms with Crippen molar-refractivity contribution in [2.45, 2.75) is 58.0 Å². The Kier molecular flexibility index (Phi) is 5.24. The minimum Gasteiger partial charge on any atom is -0.381 e. The molecule has 3 nitrogen and oxygen atoms in total. The quantitative estimate of drug-likeness (QED) is 0.644. The van der Waals surface area contributed by atoms with Gasteiger partial charge in [0.2, 0.25) is 0 Å². The van der Waals surface area contributed by atoms with E-state index < -0.39 is 5.54 Å². The Balaban J connectivity index is 2.09. The Morgan fingerprint density at radius 3 is 2.69 bits per heavy atom. The summed E-state index contributed by atoms with van der Waals surface area (Å²) in [7, 11) is 0. The minimum absolute atomic E-state index is 0.344. The zero-order valence-electron chi connectivity index (χ0n) is 10.8. The molecule has 1 rings (SSSR count). The fourth-order valence-electron chi connectivity index (χ4n) is 1.86. The second-order valence-electron chi connectivity index (χ2n) is 5.36. The summed E-state index contributed by atoms with van der Waals surface area (Å²) in [6, 6.07) is 2.70. The molecule has 16 heavy (non-hydrogen) atoms. The Hall–Kier alpha value is -0.590. The van der Waals surface area contributed by atoms with Crippen molar-refractivity contribution in [3.05, 3.63) is 0 Å². The van der Waals surface area contributed by atoms with Crippen LogP contribution in [0.2, 0.25) is 0 Å². The lowest BCUT2D eigenvalue weighted by molar-refractivity contribution is 0.116. The zero-order valence-corrected chi connectivity index (χ0v) is 10.8. The molecule has 0 aromatic rings. The maximum atomic E-state index is 9.14.